The maximum absolute atomic E-state index is 13.7. The number of aromatic nitrogens is 2. The number of nitrogens with one attached hydrogen (secondary N) is 4. The van der Waals surface area contributed by atoms with Crippen molar-refractivity contribution in [3.05, 3.63) is 138 Å². The Morgan fingerprint density at radius 1 is 0.725 bits per heavy atom. The van der Waals surface area contributed by atoms with Crippen LogP contribution in [-0.2, 0) is 19.1 Å². The van der Waals surface area contributed by atoms with Gasteiger partial charge in [0.05, 0.1) is 56.0 Å². The summed E-state index contributed by atoms with van der Waals surface area (Å²) in [6, 6.07) is 25.4. The van der Waals surface area contributed by atoms with Gasteiger partial charge in [-0.2, -0.15) is 0 Å². The number of nitrogens with two attached hydrogens (primary N) is 1. The Kier molecular flexibility index (Phi) is 15.0. The summed E-state index contributed by atoms with van der Waals surface area (Å²) in [7, 11) is 2.84. The SMILES string of the molecule is C=C(N[C@H](C(=O)N1CCC[C@H]1C(=C)N/C=C(\N)c1ccc([C@@H]2CC[C@@H](c3ccc(-c4cnc([C@@H]5CCCN5C(=O)[C@@H](NC(=O)OC)C(C)C)[nH]4)cc3)N2c2ccc(C3CC3)cc2)cc1)C(C)C)OC. The molecule has 1 aromatic heterocycles. The lowest BCUT2D eigenvalue weighted by Crippen LogP contribution is -2.51. The molecule has 4 aliphatic rings. The van der Waals surface area contributed by atoms with Crippen LogP contribution in [0.4, 0.5) is 10.5 Å². The first kappa shape index (κ1) is 48.7. The lowest BCUT2D eigenvalue weighted by atomic mass is 10.0. The maximum atomic E-state index is 13.7. The van der Waals surface area contributed by atoms with Crippen molar-refractivity contribution < 1.29 is 23.9 Å². The monoisotopic (exact) mass is 938 g/mol. The molecule has 3 aliphatic heterocycles. The number of alkyl carbamates (subject to hydrolysis) is 1. The third kappa shape index (κ3) is 10.8. The molecule has 14 nitrogen and oxygen atoms in total. The van der Waals surface area contributed by atoms with Gasteiger partial charge in [-0.3, -0.25) is 9.59 Å². The van der Waals surface area contributed by atoms with Gasteiger partial charge in [0.1, 0.15) is 17.9 Å². The van der Waals surface area contributed by atoms with Crippen molar-refractivity contribution in [1.29, 1.82) is 0 Å². The second-order valence-corrected chi connectivity index (χ2v) is 19.8. The minimum Gasteiger partial charge on any atom is -0.483 e. The van der Waals surface area contributed by atoms with E-state index < -0.39 is 18.2 Å². The third-order valence-electron chi connectivity index (χ3n) is 14.5. The summed E-state index contributed by atoms with van der Waals surface area (Å²) >= 11 is 0. The molecular weight excluding hydrogens is 867 g/mol. The average Bonchev–Trinajstić information content (AvgIpc) is 3.79. The second-order valence-electron chi connectivity index (χ2n) is 19.8. The Morgan fingerprint density at radius 2 is 1.30 bits per heavy atom. The number of ether oxygens (including phenoxy) is 2. The molecule has 6 atom stereocenters. The van der Waals surface area contributed by atoms with Crippen molar-refractivity contribution in [3.63, 3.8) is 0 Å². The zero-order valence-corrected chi connectivity index (χ0v) is 41.2. The van der Waals surface area contributed by atoms with E-state index in [2.05, 4.69) is 112 Å². The van der Waals surface area contributed by atoms with Gasteiger partial charge < -0.3 is 50.8 Å². The van der Waals surface area contributed by atoms with E-state index in [1.165, 1.54) is 49.4 Å². The molecule has 8 rings (SSSR count). The Bertz CT molecular complexity index is 2490. The van der Waals surface area contributed by atoms with E-state index in [-0.39, 0.29) is 47.8 Å². The number of benzene rings is 3. The first-order valence-corrected chi connectivity index (χ1v) is 24.8. The maximum Gasteiger partial charge on any atom is 0.407 e. The highest BCUT2D eigenvalue weighted by molar-refractivity contribution is 5.86. The van der Waals surface area contributed by atoms with Gasteiger partial charge in [0, 0.05) is 30.7 Å². The van der Waals surface area contributed by atoms with Crippen molar-refractivity contribution in [2.75, 3.05) is 32.2 Å². The summed E-state index contributed by atoms with van der Waals surface area (Å²) in [5.74, 6) is 1.59. The van der Waals surface area contributed by atoms with Crippen LogP contribution in [0.2, 0.25) is 0 Å². The Morgan fingerprint density at radius 3 is 1.91 bits per heavy atom. The van der Waals surface area contributed by atoms with E-state index in [1.54, 1.807) is 6.20 Å². The fraction of sp³-hybridized carbons (Fsp3) is 0.455. The molecule has 1 saturated carbocycles. The smallest absolute Gasteiger partial charge is 0.407 e. The number of hydrogen-bond donors (Lipinski definition) is 5. The molecule has 4 heterocycles. The Labute approximate surface area is 407 Å². The van der Waals surface area contributed by atoms with E-state index in [0.29, 0.717) is 30.6 Å². The summed E-state index contributed by atoms with van der Waals surface area (Å²) in [6.07, 6.45) is 10.9. The molecule has 3 saturated heterocycles. The molecule has 366 valence electrons. The van der Waals surface area contributed by atoms with Gasteiger partial charge in [-0.05, 0) is 116 Å². The standard InChI is InChI=1S/C55H71N9O5/c1-33(2)50(59-36(6)68-7)53(65)62-29-9-11-46(62)35(5)57-31-44(56)39-15-19-41(20-16-39)47-27-28-48(64(47)43-25-23-38(24-26-43)37-13-14-37)42-21-17-40(18-22-42)45-32-58-52(60-45)49-12-10-30-63(49)54(66)51(34(3)4)61-55(67)69-8/h15-26,31-34,37,46-51,57,59H,5-6,9-14,27-30,56H2,1-4,7-8H3,(H,58,60)(H,61,67)/b44-31-/t46-,47-,48-,49-,50-,51-/m0/s1. The number of nitrogens with zero attached hydrogens (tertiary/aromatic N) is 4. The summed E-state index contributed by atoms with van der Waals surface area (Å²) in [6.45, 7) is 17.3. The molecule has 0 unspecified atom stereocenters. The van der Waals surface area contributed by atoms with Crippen molar-refractivity contribution in [1.82, 2.24) is 35.7 Å². The van der Waals surface area contributed by atoms with Gasteiger partial charge >= 0.3 is 6.09 Å². The van der Waals surface area contributed by atoms with E-state index in [1.807, 2.05) is 43.7 Å². The minimum absolute atomic E-state index is 0.000467. The number of carbonyl (C=O) groups is 3. The molecule has 0 radical (unpaired) electrons. The molecule has 4 fully saturated rings. The summed E-state index contributed by atoms with van der Waals surface area (Å²) in [5, 5.41) is 9.21. The Balaban J connectivity index is 0.959. The zero-order chi connectivity index (χ0) is 48.9. The molecule has 6 N–H and O–H groups in total. The topological polar surface area (TPSA) is 170 Å². The number of H-pyrrole nitrogens is 1. The molecule has 4 aromatic rings. The fourth-order valence-corrected chi connectivity index (χ4v) is 10.5. The van der Waals surface area contributed by atoms with E-state index >= 15 is 0 Å². The van der Waals surface area contributed by atoms with Crippen molar-refractivity contribution in [2.24, 2.45) is 17.6 Å². The highest BCUT2D eigenvalue weighted by Gasteiger charge is 2.39. The minimum atomic E-state index is -0.689. The van der Waals surface area contributed by atoms with Gasteiger partial charge in [-0.25, -0.2) is 9.78 Å². The van der Waals surface area contributed by atoms with Crippen LogP contribution in [0.3, 0.4) is 0 Å². The van der Waals surface area contributed by atoms with E-state index in [9.17, 15) is 14.4 Å². The number of hydrogen-bond acceptors (Lipinski definition) is 10. The van der Waals surface area contributed by atoms with Crippen LogP contribution in [0, 0.1) is 11.8 Å². The molecule has 0 spiro atoms. The summed E-state index contributed by atoms with van der Waals surface area (Å²) in [5.41, 5.74) is 15.9. The number of likely N-dealkylation sites (tertiary alicyclic amines) is 2. The fourth-order valence-electron chi connectivity index (χ4n) is 10.5. The van der Waals surface area contributed by atoms with Gasteiger partial charge in [0.2, 0.25) is 11.8 Å². The zero-order valence-electron chi connectivity index (χ0n) is 41.2. The van der Waals surface area contributed by atoms with Crippen LogP contribution >= 0.6 is 0 Å². The molecule has 3 aromatic carbocycles. The van der Waals surface area contributed by atoms with Gasteiger partial charge in [-0.1, -0.05) is 94.9 Å². The summed E-state index contributed by atoms with van der Waals surface area (Å²) < 4.78 is 10.0. The van der Waals surface area contributed by atoms with Crippen LogP contribution in [-0.4, -0.2) is 83.1 Å². The third-order valence-corrected chi connectivity index (χ3v) is 14.5. The van der Waals surface area contributed by atoms with E-state index in [0.717, 1.165) is 66.9 Å². The van der Waals surface area contributed by atoms with Gasteiger partial charge in [0.15, 0.2) is 5.88 Å². The highest BCUT2D eigenvalue weighted by atomic mass is 16.5. The number of carbonyl (C=O) groups excluding carboxylic acids is 3. The quantitative estimate of drug-likeness (QED) is 0.0607. The number of rotatable bonds is 18. The average molecular weight is 938 g/mol. The van der Waals surface area contributed by atoms with Crippen LogP contribution in [0.1, 0.15) is 131 Å². The normalized spacial score (nSPS) is 21.3. The first-order valence-electron chi connectivity index (χ1n) is 24.8. The van der Waals surface area contributed by atoms with Crippen molar-refractivity contribution in [2.45, 2.75) is 121 Å². The molecular formula is C55H71N9O5. The molecule has 0 bridgehead atoms. The van der Waals surface area contributed by atoms with Crippen LogP contribution in [0.15, 0.2) is 110 Å². The molecule has 14 heteroatoms. The Hall–Kier alpha value is -6.70. The second kappa shape index (κ2) is 21.3. The number of aromatic amines is 1. The van der Waals surface area contributed by atoms with Crippen molar-refractivity contribution in [3.8, 4) is 11.3 Å². The number of imidazole rings is 1. The number of anilines is 1. The molecule has 3 amide bonds. The number of amides is 3. The molecule has 1 aliphatic carbocycles. The largest absolute Gasteiger partial charge is 0.483 e. The molecule has 69 heavy (non-hydrogen) atoms. The summed E-state index contributed by atoms with van der Waals surface area (Å²) in [4.78, 5) is 54.2. The predicted molar refractivity (Wildman–Crippen MR) is 271 cm³/mol. The van der Waals surface area contributed by atoms with Gasteiger partial charge in [0.25, 0.3) is 0 Å². The van der Waals surface area contributed by atoms with Crippen LogP contribution in [0.5, 0.6) is 0 Å². The van der Waals surface area contributed by atoms with Crippen molar-refractivity contribution >= 4 is 29.3 Å². The van der Waals surface area contributed by atoms with E-state index in [4.69, 9.17) is 20.2 Å². The first-order chi connectivity index (χ1) is 33.3. The van der Waals surface area contributed by atoms with Gasteiger partial charge in [-0.15, -0.1) is 0 Å². The lowest BCUT2D eigenvalue weighted by molar-refractivity contribution is -0.136. The number of methoxy groups -OCH3 is 2. The highest BCUT2D eigenvalue weighted by Crippen LogP contribution is 2.48. The predicted octanol–water partition coefficient (Wildman–Crippen LogP) is 9.16. The lowest BCUT2D eigenvalue weighted by Gasteiger charge is -2.33. The van der Waals surface area contributed by atoms with Crippen LogP contribution < -0.4 is 26.6 Å². The van der Waals surface area contributed by atoms with Crippen LogP contribution in [0.25, 0.3) is 17.0 Å².